The summed E-state index contributed by atoms with van der Waals surface area (Å²) in [7, 11) is 1.35. The molecule has 0 amide bonds. The van der Waals surface area contributed by atoms with Crippen molar-refractivity contribution in [1.82, 2.24) is 5.32 Å². The topological polar surface area (TPSA) is 64.6 Å². The average Bonchev–Trinajstić information content (AvgIpc) is 2.48. The Morgan fingerprint density at radius 1 is 1.21 bits per heavy atom. The summed E-state index contributed by atoms with van der Waals surface area (Å²) < 4.78 is 9.96. The van der Waals surface area contributed by atoms with E-state index in [4.69, 9.17) is 15.9 Å². The van der Waals surface area contributed by atoms with E-state index < -0.39 is 5.60 Å². The van der Waals surface area contributed by atoms with Crippen LogP contribution < -0.4 is 5.32 Å². The van der Waals surface area contributed by atoms with Gasteiger partial charge in [0.1, 0.15) is 5.60 Å². The maximum absolute atomic E-state index is 11.7. The molecule has 1 rings (SSSR count). The van der Waals surface area contributed by atoms with Gasteiger partial charge >= 0.3 is 11.9 Å². The Hall–Kier alpha value is -2.32. The van der Waals surface area contributed by atoms with Gasteiger partial charge in [0.25, 0.3) is 0 Å². The number of hydrogen-bond donors (Lipinski definition) is 1. The van der Waals surface area contributed by atoms with Gasteiger partial charge in [-0.15, -0.1) is 6.42 Å². The fourth-order valence-corrected chi connectivity index (χ4v) is 2.19. The van der Waals surface area contributed by atoms with Crippen LogP contribution in [-0.2, 0) is 32.0 Å². The predicted molar refractivity (Wildman–Crippen MR) is 92.4 cm³/mol. The van der Waals surface area contributed by atoms with Crippen molar-refractivity contribution in [1.29, 1.82) is 0 Å². The van der Waals surface area contributed by atoms with E-state index in [1.165, 1.54) is 7.11 Å². The smallest absolute Gasteiger partial charge is 0.320 e. The molecule has 0 aliphatic heterocycles. The molecule has 0 aliphatic carbocycles. The van der Waals surface area contributed by atoms with E-state index in [0.29, 0.717) is 12.1 Å². The highest BCUT2D eigenvalue weighted by Crippen LogP contribution is 2.18. The SMILES string of the molecule is C#Cc1cc(CNCC(=O)OC(C)(C)C)c(C)c(CC(=O)OC)c1. The molecule has 0 spiro atoms. The van der Waals surface area contributed by atoms with E-state index in [2.05, 4.69) is 11.2 Å². The lowest BCUT2D eigenvalue weighted by Gasteiger charge is -2.19. The number of nitrogens with one attached hydrogen (secondary N) is 1. The number of carbonyl (C=O) groups excluding carboxylic acids is 2. The van der Waals surface area contributed by atoms with Gasteiger partial charge in [-0.1, -0.05) is 5.92 Å². The van der Waals surface area contributed by atoms with Crippen LogP contribution in [0, 0.1) is 19.3 Å². The quantitative estimate of drug-likeness (QED) is 0.639. The molecule has 0 aliphatic rings. The molecule has 0 fully saturated rings. The van der Waals surface area contributed by atoms with Gasteiger partial charge < -0.3 is 14.8 Å². The monoisotopic (exact) mass is 331 g/mol. The molecular weight excluding hydrogens is 306 g/mol. The van der Waals surface area contributed by atoms with Crippen molar-refractivity contribution in [3.05, 3.63) is 34.4 Å². The molecule has 0 saturated carbocycles. The minimum Gasteiger partial charge on any atom is -0.469 e. The van der Waals surface area contributed by atoms with E-state index in [-0.39, 0.29) is 24.9 Å². The summed E-state index contributed by atoms with van der Waals surface area (Å²) in [5, 5.41) is 3.05. The van der Waals surface area contributed by atoms with Gasteiger partial charge in [-0.3, -0.25) is 9.59 Å². The summed E-state index contributed by atoms with van der Waals surface area (Å²) in [6.07, 6.45) is 5.65. The van der Waals surface area contributed by atoms with Crippen LogP contribution in [0.4, 0.5) is 0 Å². The fraction of sp³-hybridized carbons (Fsp3) is 0.474. The molecule has 1 N–H and O–H groups in total. The van der Waals surface area contributed by atoms with Crippen LogP contribution >= 0.6 is 0 Å². The lowest BCUT2D eigenvalue weighted by atomic mass is 9.96. The molecule has 0 saturated heterocycles. The highest BCUT2D eigenvalue weighted by atomic mass is 16.6. The zero-order valence-corrected chi connectivity index (χ0v) is 15.0. The van der Waals surface area contributed by atoms with Crippen molar-refractivity contribution in [2.45, 2.75) is 46.3 Å². The second-order valence-corrected chi connectivity index (χ2v) is 6.51. The Kier molecular flexibility index (Phi) is 6.99. The molecule has 1 aromatic carbocycles. The van der Waals surface area contributed by atoms with Crippen molar-refractivity contribution in [2.24, 2.45) is 0 Å². The standard InChI is InChI=1S/C19H25NO4/c1-7-14-8-15(10-17(21)23-6)13(2)16(9-14)11-20-12-18(22)24-19(3,4)5/h1,8-9,20H,10-12H2,2-6H3. The van der Waals surface area contributed by atoms with Gasteiger partial charge in [-0.25, -0.2) is 0 Å². The molecule has 0 atom stereocenters. The summed E-state index contributed by atoms with van der Waals surface area (Å²) in [6.45, 7) is 7.95. The zero-order valence-electron chi connectivity index (χ0n) is 15.0. The van der Waals surface area contributed by atoms with E-state index in [9.17, 15) is 9.59 Å². The first-order valence-corrected chi connectivity index (χ1v) is 7.74. The average molecular weight is 331 g/mol. The Morgan fingerprint density at radius 2 is 1.83 bits per heavy atom. The zero-order chi connectivity index (χ0) is 18.3. The van der Waals surface area contributed by atoms with Crippen LogP contribution in [0.3, 0.4) is 0 Å². The Labute approximate surface area is 143 Å². The Balaban J connectivity index is 2.80. The molecule has 24 heavy (non-hydrogen) atoms. The molecule has 5 heteroatoms. The molecule has 1 aromatic rings. The Morgan fingerprint density at radius 3 is 2.38 bits per heavy atom. The van der Waals surface area contributed by atoms with Gasteiger partial charge in [0, 0.05) is 12.1 Å². The van der Waals surface area contributed by atoms with Crippen LogP contribution in [-0.4, -0.2) is 31.2 Å². The predicted octanol–water partition coefficient (Wildman–Crippen LogP) is 2.12. The van der Waals surface area contributed by atoms with Crippen LogP contribution in [0.1, 0.15) is 43.0 Å². The van der Waals surface area contributed by atoms with Crippen LogP contribution in [0.15, 0.2) is 12.1 Å². The highest BCUT2D eigenvalue weighted by molar-refractivity contribution is 5.73. The van der Waals surface area contributed by atoms with Gasteiger partial charge in [-0.2, -0.15) is 0 Å². The molecule has 130 valence electrons. The van der Waals surface area contributed by atoms with Gasteiger partial charge in [-0.05, 0) is 56.5 Å². The first-order chi connectivity index (χ1) is 11.2. The van der Waals surface area contributed by atoms with Crippen LogP contribution in [0.25, 0.3) is 0 Å². The maximum Gasteiger partial charge on any atom is 0.320 e. The first-order valence-electron chi connectivity index (χ1n) is 7.74. The highest BCUT2D eigenvalue weighted by Gasteiger charge is 2.16. The third-order valence-electron chi connectivity index (χ3n) is 3.36. The van der Waals surface area contributed by atoms with Gasteiger partial charge in [0.2, 0.25) is 0 Å². The summed E-state index contributed by atoms with van der Waals surface area (Å²) >= 11 is 0. The Bertz CT molecular complexity index is 651. The molecule has 0 heterocycles. The maximum atomic E-state index is 11.7. The number of hydrogen-bond acceptors (Lipinski definition) is 5. The number of terminal acetylenes is 1. The van der Waals surface area contributed by atoms with Crippen molar-refractivity contribution < 1.29 is 19.1 Å². The van der Waals surface area contributed by atoms with Crippen molar-refractivity contribution in [3.8, 4) is 12.3 Å². The second-order valence-electron chi connectivity index (χ2n) is 6.51. The molecule has 0 radical (unpaired) electrons. The normalized spacial score (nSPS) is 10.8. The number of esters is 2. The van der Waals surface area contributed by atoms with Crippen molar-refractivity contribution in [3.63, 3.8) is 0 Å². The van der Waals surface area contributed by atoms with Gasteiger partial charge in [0.15, 0.2) is 0 Å². The molecule has 5 nitrogen and oxygen atoms in total. The van der Waals surface area contributed by atoms with Crippen LogP contribution in [0.2, 0.25) is 0 Å². The fourth-order valence-electron chi connectivity index (χ4n) is 2.19. The minimum atomic E-state index is -0.508. The molecular formula is C19H25NO4. The van der Waals surface area contributed by atoms with Crippen molar-refractivity contribution >= 4 is 11.9 Å². The summed E-state index contributed by atoms with van der Waals surface area (Å²) in [6, 6.07) is 3.68. The largest absolute Gasteiger partial charge is 0.469 e. The number of rotatable bonds is 6. The lowest BCUT2D eigenvalue weighted by Crippen LogP contribution is -2.31. The van der Waals surface area contributed by atoms with E-state index in [0.717, 1.165) is 16.7 Å². The summed E-state index contributed by atoms with van der Waals surface area (Å²) in [5.74, 6) is 1.95. The number of benzene rings is 1. The number of ether oxygens (including phenoxy) is 2. The van der Waals surface area contributed by atoms with E-state index in [1.54, 1.807) is 0 Å². The lowest BCUT2D eigenvalue weighted by molar-refractivity contribution is -0.153. The van der Waals surface area contributed by atoms with E-state index >= 15 is 0 Å². The number of methoxy groups -OCH3 is 1. The van der Waals surface area contributed by atoms with Gasteiger partial charge in [0.05, 0.1) is 20.1 Å². The minimum absolute atomic E-state index is 0.101. The third kappa shape index (κ3) is 6.43. The molecule has 0 unspecified atom stereocenters. The molecule has 0 bridgehead atoms. The third-order valence-corrected chi connectivity index (χ3v) is 3.36. The number of carbonyl (C=O) groups is 2. The molecule has 0 aromatic heterocycles. The van der Waals surface area contributed by atoms with Crippen molar-refractivity contribution in [2.75, 3.05) is 13.7 Å². The summed E-state index contributed by atoms with van der Waals surface area (Å²) in [5.41, 5.74) is 2.90. The first kappa shape index (κ1) is 19.7. The summed E-state index contributed by atoms with van der Waals surface area (Å²) in [4.78, 5) is 23.3. The van der Waals surface area contributed by atoms with Crippen LogP contribution in [0.5, 0.6) is 0 Å². The van der Waals surface area contributed by atoms with E-state index in [1.807, 2.05) is 39.8 Å². The second kappa shape index (κ2) is 8.51.